The maximum atomic E-state index is 12.3. The second-order valence-electron chi connectivity index (χ2n) is 5.59. The van der Waals surface area contributed by atoms with E-state index in [-0.39, 0.29) is 17.6 Å². The van der Waals surface area contributed by atoms with Crippen molar-refractivity contribution in [2.24, 2.45) is 0 Å². The molecule has 112 valence electrons. The highest BCUT2D eigenvalue weighted by Crippen LogP contribution is 2.31. The van der Waals surface area contributed by atoms with Crippen molar-refractivity contribution in [3.63, 3.8) is 0 Å². The van der Waals surface area contributed by atoms with Gasteiger partial charge < -0.3 is 10.1 Å². The third-order valence-electron chi connectivity index (χ3n) is 4.39. The lowest BCUT2D eigenvalue weighted by Crippen LogP contribution is -2.48. The highest BCUT2D eigenvalue weighted by Gasteiger charge is 2.35. The smallest absolute Gasteiger partial charge is 0.251 e. The van der Waals surface area contributed by atoms with E-state index in [9.17, 15) is 4.79 Å². The number of amides is 1. The van der Waals surface area contributed by atoms with E-state index < -0.39 is 0 Å². The Kier molecular flexibility index (Phi) is 4.98. The largest absolute Gasteiger partial charge is 0.375 e. The minimum atomic E-state index is -0.0964. The highest BCUT2D eigenvalue weighted by molar-refractivity contribution is 5.94. The van der Waals surface area contributed by atoms with Crippen LogP contribution in [0.5, 0.6) is 0 Å². The summed E-state index contributed by atoms with van der Waals surface area (Å²) in [6, 6.07) is 8.93. The standard InChI is InChI=1S/C17H22N2O2/c1-3-17(4-2)11-15(9-10-21-17)19-16(20)14-7-5-13(12-18)6-8-14/h5-8,15H,3-4,9-11H2,1-2H3,(H,19,20). The van der Waals surface area contributed by atoms with Crippen LogP contribution in [0.2, 0.25) is 0 Å². The molecule has 1 unspecified atom stereocenters. The molecule has 1 amide bonds. The van der Waals surface area contributed by atoms with Crippen molar-refractivity contribution in [2.45, 2.75) is 51.2 Å². The number of rotatable bonds is 4. The number of ether oxygens (including phenoxy) is 1. The second kappa shape index (κ2) is 6.73. The number of benzene rings is 1. The number of nitrogens with one attached hydrogen (secondary N) is 1. The topological polar surface area (TPSA) is 62.1 Å². The second-order valence-corrected chi connectivity index (χ2v) is 5.59. The Balaban J connectivity index is 2.00. The Morgan fingerprint density at radius 1 is 1.38 bits per heavy atom. The zero-order chi connectivity index (χ0) is 15.3. The van der Waals surface area contributed by atoms with Crippen molar-refractivity contribution in [3.05, 3.63) is 35.4 Å². The van der Waals surface area contributed by atoms with Gasteiger partial charge in [0.25, 0.3) is 5.91 Å². The van der Waals surface area contributed by atoms with Crippen LogP contribution in [0.1, 0.15) is 55.5 Å². The zero-order valence-corrected chi connectivity index (χ0v) is 12.7. The molecule has 1 heterocycles. The molecule has 1 aliphatic heterocycles. The third kappa shape index (κ3) is 3.62. The molecule has 21 heavy (non-hydrogen) atoms. The van der Waals surface area contributed by atoms with Crippen LogP contribution >= 0.6 is 0 Å². The van der Waals surface area contributed by atoms with Gasteiger partial charge in [-0.25, -0.2) is 0 Å². The molecule has 1 N–H and O–H groups in total. The maximum Gasteiger partial charge on any atom is 0.251 e. The van der Waals surface area contributed by atoms with Crippen LogP contribution in [0.15, 0.2) is 24.3 Å². The van der Waals surface area contributed by atoms with E-state index in [4.69, 9.17) is 10.00 Å². The first-order chi connectivity index (χ1) is 10.1. The van der Waals surface area contributed by atoms with E-state index in [2.05, 4.69) is 25.2 Å². The van der Waals surface area contributed by atoms with Crippen LogP contribution in [0.4, 0.5) is 0 Å². The van der Waals surface area contributed by atoms with Gasteiger partial charge in [0.2, 0.25) is 0 Å². The van der Waals surface area contributed by atoms with Crippen molar-refractivity contribution >= 4 is 5.91 Å². The fourth-order valence-electron chi connectivity index (χ4n) is 2.86. The van der Waals surface area contributed by atoms with Crippen LogP contribution in [0, 0.1) is 11.3 Å². The van der Waals surface area contributed by atoms with Gasteiger partial charge in [-0.2, -0.15) is 5.26 Å². The predicted molar refractivity (Wildman–Crippen MR) is 80.9 cm³/mol. The molecule has 0 aromatic heterocycles. The SMILES string of the molecule is CCC1(CC)CC(NC(=O)c2ccc(C#N)cc2)CCO1. The summed E-state index contributed by atoms with van der Waals surface area (Å²) in [5.74, 6) is -0.0764. The molecule has 4 nitrogen and oxygen atoms in total. The van der Waals surface area contributed by atoms with Gasteiger partial charge >= 0.3 is 0 Å². The number of nitrogens with zero attached hydrogens (tertiary/aromatic N) is 1. The lowest BCUT2D eigenvalue weighted by molar-refractivity contribution is -0.0917. The summed E-state index contributed by atoms with van der Waals surface area (Å²) in [6.07, 6.45) is 3.64. The van der Waals surface area contributed by atoms with E-state index >= 15 is 0 Å². The minimum Gasteiger partial charge on any atom is -0.375 e. The molecule has 2 rings (SSSR count). The average Bonchev–Trinajstić information content (AvgIpc) is 2.55. The van der Waals surface area contributed by atoms with Crippen molar-refractivity contribution in [2.75, 3.05) is 6.61 Å². The van der Waals surface area contributed by atoms with Gasteiger partial charge in [-0.1, -0.05) is 13.8 Å². The summed E-state index contributed by atoms with van der Waals surface area (Å²) >= 11 is 0. The van der Waals surface area contributed by atoms with Crippen LogP contribution in [-0.4, -0.2) is 24.2 Å². The Morgan fingerprint density at radius 3 is 2.62 bits per heavy atom. The van der Waals surface area contributed by atoms with Crippen LogP contribution in [-0.2, 0) is 4.74 Å². The fourth-order valence-corrected chi connectivity index (χ4v) is 2.86. The molecule has 0 aliphatic carbocycles. The Bertz CT molecular complexity index is 527. The van der Waals surface area contributed by atoms with Crippen molar-refractivity contribution < 1.29 is 9.53 Å². The number of carbonyl (C=O) groups is 1. The van der Waals surface area contributed by atoms with Crippen molar-refractivity contribution in [1.29, 1.82) is 5.26 Å². The zero-order valence-electron chi connectivity index (χ0n) is 12.7. The molecule has 0 spiro atoms. The molecule has 1 aromatic rings. The van der Waals surface area contributed by atoms with Gasteiger partial charge in [0.05, 0.1) is 17.2 Å². The van der Waals surface area contributed by atoms with Gasteiger partial charge in [-0.05, 0) is 49.9 Å². The van der Waals surface area contributed by atoms with Gasteiger partial charge in [0.1, 0.15) is 0 Å². The van der Waals surface area contributed by atoms with Crippen LogP contribution in [0.3, 0.4) is 0 Å². The summed E-state index contributed by atoms with van der Waals surface area (Å²) in [4.78, 5) is 12.3. The fraction of sp³-hybridized carbons (Fsp3) is 0.529. The normalized spacial score (nSPS) is 20.5. The van der Waals surface area contributed by atoms with Gasteiger partial charge in [-0.3, -0.25) is 4.79 Å². The summed E-state index contributed by atoms with van der Waals surface area (Å²) in [6.45, 7) is 4.96. The van der Waals surface area contributed by atoms with Gasteiger partial charge in [-0.15, -0.1) is 0 Å². The molecule has 1 saturated heterocycles. The Hall–Kier alpha value is -1.86. The number of hydrogen-bond donors (Lipinski definition) is 1. The Labute approximate surface area is 126 Å². The molecule has 1 fully saturated rings. The number of carbonyl (C=O) groups excluding carboxylic acids is 1. The molecule has 1 aliphatic rings. The van der Waals surface area contributed by atoms with E-state index in [1.165, 1.54) is 0 Å². The van der Waals surface area contributed by atoms with E-state index in [1.807, 2.05) is 0 Å². The van der Waals surface area contributed by atoms with Crippen LogP contribution < -0.4 is 5.32 Å². The van der Waals surface area contributed by atoms with E-state index in [0.717, 1.165) is 25.7 Å². The monoisotopic (exact) mass is 286 g/mol. The summed E-state index contributed by atoms with van der Waals surface area (Å²) < 4.78 is 5.92. The lowest BCUT2D eigenvalue weighted by atomic mass is 9.86. The predicted octanol–water partition coefficient (Wildman–Crippen LogP) is 3.03. The summed E-state index contributed by atoms with van der Waals surface area (Å²) in [5.41, 5.74) is 1.06. The highest BCUT2D eigenvalue weighted by atomic mass is 16.5. The molecule has 0 saturated carbocycles. The first kappa shape index (κ1) is 15.5. The molecular weight excluding hydrogens is 264 g/mol. The molecule has 1 aromatic carbocycles. The Morgan fingerprint density at radius 2 is 2.05 bits per heavy atom. The number of nitriles is 1. The van der Waals surface area contributed by atoms with Gasteiger partial charge in [0.15, 0.2) is 0 Å². The lowest BCUT2D eigenvalue weighted by Gasteiger charge is -2.40. The summed E-state index contributed by atoms with van der Waals surface area (Å²) in [7, 11) is 0. The third-order valence-corrected chi connectivity index (χ3v) is 4.39. The molecule has 0 radical (unpaired) electrons. The van der Waals surface area contributed by atoms with E-state index in [0.29, 0.717) is 17.7 Å². The van der Waals surface area contributed by atoms with Gasteiger partial charge in [0, 0.05) is 18.2 Å². The summed E-state index contributed by atoms with van der Waals surface area (Å²) in [5, 5.41) is 11.9. The van der Waals surface area contributed by atoms with E-state index in [1.54, 1.807) is 24.3 Å². The van der Waals surface area contributed by atoms with Crippen molar-refractivity contribution in [1.82, 2.24) is 5.32 Å². The van der Waals surface area contributed by atoms with Crippen molar-refractivity contribution in [3.8, 4) is 6.07 Å². The van der Waals surface area contributed by atoms with Crippen LogP contribution in [0.25, 0.3) is 0 Å². The molecular formula is C17H22N2O2. The maximum absolute atomic E-state index is 12.3. The average molecular weight is 286 g/mol. The first-order valence-corrected chi connectivity index (χ1v) is 7.57. The molecule has 0 bridgehead atoms. The first-order valence-electron chi connectivity index (χ1n) is 7.57. The molecule has 1 atom stereocenters. The minimum absolute atomic E-state index is 0.0764. The molecule has 4 heteroatoms. The quantitative estimate of drug-likeness (QED) is 0.925. The number of hydrogen-bond acceptors (Lipinski definition) is 3.